The molecule has 0 saturated carbocycles. The molecule has 1 heterocycles. The lowest BCUT2D eigenvalue weighted by Gasteiger charge is -2.23. The number of furan rings is 1. The smallest absolute Gasteiger partial charge is 0.288 e. The molecule has 2 amide bonds. The molecule has 3 rings (SSSR count). The Labute approximate surface area is 170 Å². The first kappa shape index (κ1) is 20.5. The maximum absolute atomic E-state index is 13.0. The third kappa shape index (κ3) is 4.59. The van der Waals surface area contributed by atoms with Crippen molar-refractivity contribution in [2.75, 3.05) is 7.11 Å². The first-order chi connectivity index (χ1) is 13.7. The van der Waals surface area contributed by atoms with Gasteiger partial charge in [0.1, 0.15) is 17.4 Å². The SMILES string of the molecule is COc1ccc2c(-c3ccccc3)c(C(=O)NC(C)C(=O)NC(C)(C)C)oc2c1. The maximum atomic E-state index is 13.0. The van der Waals surface area contributed by atoms with Crippen molar-refractivity contribution >= 4 is 22.8 Å². The number of carbonyl (C=O) groups is 2. The second kappa shape index (κ2) is 7.99. The van der Waals surface area contributed by atoms with Crippen LogP contribution in [0.25, 0.3) is 22.1 Å². The van der Waals surface area contributed by atoms with E-state index in [2.05, 4.69) is 10.6 Å². The van der Waals surface area contributed by atoms with Crippen molar-refractivity contribution in [1.29, 1.82) is 0 Å². The average molecular weight is 394 g/mol. The molecule has 0 saturated heterocycles. The normalized spacial score (nSPS) is 12.4. The standard InChI is InChI=1S/C23H26N2O4/c1-14(21(26)25-23(2,3)4)24-22(27)20-19(15-9-7-6-8-10-15)17-12-11-16(28-5)13-18(17)29-20/h6-14H,1-5H3,(H,24,27)(H,25,26). The monoisotopic (exact) mass is 394 g/mol. The molecule has 6 heteroatoms. The van der Waals surface area contributed by atoms with Crippen molar-refractivity contribution in [2.45, 2.75) is 39.3 Å². The van der Waals surface area contributed by atoms with Gasteiger partial charge in [0.05, 0.1) is 7.11 Å². The Balaban J connectivity index is 1.99. The average Bonchev–Trinajstić information content (AvgIpc) is 3.06. The summed E-state index contributed by atoms with van der Waals surface area (Å²) >= 11 is 0. The fourth-order valence-corrected chi connectivity index (χ4v) is 3.06. The highest BCUT2D eigenvalue weighted by molar-refractivity contribution is 6.09. The highest BCUT2D eigenvalue weighted by Gasteiger charge is 2.26. The van der Waals surface area contributed by atoms with Crippen molar-refractivity contribution in [3.63, 3.8) is 0 Å². The van der Waals surface area contributed by atoms with Crippen LogP contribution in [0.3, 0.4) is 0 Å². The Morgan fingerprint density at radius 2 is 1.76 bits per heavy atom. The van der Waals surface area contributed by atoms with Crippen LogP contribution in [0, 0.1) is 0 Å². The van der Waals surface area contributed by atoms with Crippen LogP contribution in [0.4, 0.5) is 0 Å². The molecule has 1 atom stereocenters. The summed E-state index contributed by atoms with van der Waals surface area (Å²) in [6.45, 7) is 7.31. The van der Waals surface area contributed by atoms with E-state index in [1.54, 1.807) is 20.1 Å². The third-order valence-electron chi connectivity index (χ3n) is 4.40. The van der Waals surface area contributed by atoms with E-state index in [0.717, 1.165) is 10.9 Å². The second-order valence-electron chi connectivity index (χ2n) is 7.97. The number of rotatable bonds is 5. The molecule has 3 aromatic rings. The van der Waals surface area contributed by atoms with Gasteiger partial charge in [-0.25, -0.2) is 0 Å². The molecular formula is C23H26N2O4. The van der Waals surface area contributed by atoms with Crippen LogP contribution < -0.4 is 15.4 Å². The van der Waals surface area contributed by atoms with Gasteiger partial charge in [-0.2, -0.15) is 0 Å². The molecule has 0 radical (unpaired) electrons. The van der Waals surface area contributed by atoms with Crippen molar-refractivity contribution in [1.82, 2.24) is 10.6 Å². The van der Waals surface area contributed by atoms with Gasteiger partial charge >= 0.3 is 0 Å². The number of carbonyl (C=O) groups excluding carboxylic acids is 2. The Hall–Kier alpha value is -3.28. The minimum absolute atomic E-state index is 0.162. The van der Waals surface area contributed by atoms with Gasteiger partial charge in [-0.3, -0.25) is 9.59 Å². The number of hydrogen-bond donors (Lipinski definition) is 2. The largest absolute Gasteiger partial charge is 0.497 e. The molecule has 0 fully saturated rings. The first-order valence-electron chi connectivity index (χ1n) is 9.48. The maximum Gasteiger partial charge on any atom is 0.288 e. The lowest BCUT2D eigenvalue weighted by Crippen LogP contribution is -2.50. The molecule has 2 N–H and O–H groups in total. The van der Waals surface area contributed by atoms with Gasteiger partial charge < -0.3 is 19.8 Å². The van der Waals surface area contributed by atoms with Gasteiger partial charge in [0, 0.05) is 22.6 Å². The molecule has 2 aromatic carbocycles. The Morgan fingerprint density at radius 3 is 2.38 bits per heavy atom. The molecule has 0 bridgehead atoms. The lowest BCUT2D eigenvalue weighted by atomic mass is 10.0. The summed E-state index contributed by atoms with van der Waals surface area (Å²) in [4.78, 5) is 25.4. The number of fused-ring (bicyclic) bond motifs is 1. The van der Waals surface area contributed by atoms with Gasteiger partial charge in [0.15, 0.2) is 0 Å². The van der Waals surface area contributed by atoms with E-state index in [9.17, 15) is 9.59 Å². The zero-order valence-electron chi connectivity index (χ0n) is 17.3. The van der Waals surface area contributed by atoms with Gasteiger partial charge in [-0.1, -0.05) is 30.3 Å². The van der Waals surface area contributed by atoms with E-state index in [4.69, 9.17) is 9.15 Å². The zero-order valence-corrected chi connectivity index (χ0v) is 17.3. The van der Waals surface area contributed by atoms with Crippen LogP contribution in [-0.2, 0) is 4.79 Å². The van der Waals surface area contributed by atoms with Crippen molar-refractivity contribution < 1.29 is 18.7 Å². The van der Waals surface area contributed by atoms with Crippen LogP contribution in [0.15, 0.2) is 52.9 Å². The Morgan fingerprint density at radius 1 is 1.07 bits per heavy atom. The lowest BCUT2D eigenvalue weighted by molar-refractivity contribution is -0.124. The molecule has 0 spiro atoms. The van der Waals surface area contributed by atoms with Crippen molar-refractivity contribution in [3.05, 3.63) is 54.3 Å². The van der Waals surface area contributed by atoms with E-state index in [1.165, 1.54) is 0 Å². The molecule has 6 nitrogen and oxygen atoms in total. The number of benzene rings is 2. The van der Waals surface area contributed by atoms with Gasteiger partial charge in [0.25, 0.3) is 5.91 Å². The molecule has 0 aliphatic rings. The van der Waals surface area contributed by atoms with Crippen LogP contribution in [0.2, 0.25) is 0 Å². The molecular weight excluding hydrogens is 368 g/mol. The Bertz CT molecular complexity index is 1030. The van der Waals surface area contributed by atoms with Crippen LogP contribution in [0.1, 0.15) is 38.2 Å². The minimum atomic E-state index is -0.715. The van der Waals surface area contributed by atoms with E-state index in [-0.39, 0.29) is 17.2 Å². The van der Waals surface area contributed by atoms with Crippen molar-refractivity contribution in [2.24, 2.45) is 0 Å². The van der Waals surface area contributed by atoms with Crippen LogP contribution in [-0.4, -0.2) is 30.5 Å². The molecule has 1 unspecified atom stereocenters. The number of ether oxygens (including phenoxy) is 1. The van der Waals surface area contributed by atoms with E-state index < -0.39 is 11.9 Å². The molecule has 152 valence electrons. The number of amides is 2. The Kier molecular flexibility index (Phi) is 5.64. The number of nitrogens with one attached hydrogen (secondary N) is 2. The summed E-state index contributed by atoms with van der Waals surface area (Å²) in [5, 5.41) is 6.41. The highest BCUT2D eigenvalue weighted by Crippen LogP contribution is 2.36. The van der Waals surface area contributed by atoms with Gasteiger partial charge in [-0.05, 0) is 45.4 Å². The zero-order chi connectivity index (χ0) is 21.2. The van der Waals surface area contributed by atoms with E-state index in [0.29, 0.717) is 16.9 Å². The fraction of sp³-hybridized carbons (Fsp3) is 0.304. The van der Waals surface area contributed by atoms with Crippen molar-refractivity contribution in [3.8, 4) is 16.9 Å². The molecule has 1 aromatic heterocycles. The number of methoxy groups -OCH3 is 1. The van der Waals surface area contributed by atoms with Crippen LogP contribution >= 0.6 is 0 Å². The van der Waals surface area contributed by atoms with Crippen LogP contribution in [0.5, 0.6) is 5.75 Å². The van der Waals surface area contributed by atoms with Gasteiger partial charge in [0.2, 0.25) is 11.7 Å². The summed E-state index contributed by atoms with van der Waals surface area (Å²) in [6.07, 6.45) is 0. The predicted molar refractivity (Wildman–Crippen MR) is 113 cm³/mol. The quantitative estimate of drug-likeness (QED) is 0.681. The minimum Gasteiger partial charge on any atom is -0.497 e. The van der Waals surface area contributed by atoms with Gasteiger partial charge in [-0.15, -0.1) is 0 Å². The second-order valence-corrected chi connectivity index (χ2v) is 7.97. The van der Waals surface area contributed by atoms with E-state index >= 15 is 0 Å². The first-order valence-corrected chi connectivity index (χ1v) is 9.48. The van der Waals surface area contributed by atoms with E-state index in [1.807, 2.05) is 63.2 Å². The molecule has 0 aliphatic heterocycles. The summed E-state index contributed by atoms with van der Waals surface area (Å²) in [5.74, 6) is 0.0890. The third-order valence-corrected chi connectivity index (χ3v) is 4.40. The molecule has 0 aliphatic carbocycles. The summed E-state index contributed by atoms with van der Waals surface area (Å²) in [5.41, 5.74) is 1.69. The summed E-state index contributed by atoms with van der Waals surface area (Å²) in [6, 6.07) is 14.3. The fourth-order valence-electron chi connectivity index (χ4n) is 3.06. The summed E-state index contributed by atoms with van der Waals surface area (Å²) in [7, 11) is 1.57. The summed E-state index contributed by atoms with van der Waals surface area (Å²) < 4.78 is 11.2. The number of hydrogen-bond acceptors (Lipinski definition) is 4. The highest BCUT2D eigenvalue weighted by atomic mass is 16.5. The molecule has 29 heavy (non-hydrogen) atoms. The topological polar surface area (TPSA) is 80.6 Å². The predicted octanol–water partition coefficient (Wildman–Crippen LogP) is 4.14.